The summed E-state index contributed by atoms with van der Waals surface area (Å²) in [6, 6.07) is 10.7. The molecule has 1 aliphatic heterocycles. The van der Waals surface area contributed by atoms with E-state index in [2.05, 4.69) is 0 Å². The molecule has 9 nitrogen and oxygen atoms in total. The molecule has 0 radical (unpaired) electrons. The molecule has 32 heavy (non-hydrogen) atoms. The molecule has 2 aromatic carbocycles. The van der Waals surface area contributed by atoms with Crippen LogP contribution in [0.5, 0.6) is 11.5 Å². The number of thioether (sulfide) groups is 1. The number of nitrogens with zero attached hydrogens (tertiary/aromatic N) is 2. The van der Waals surface area contributed by atoms with Gasteiger partial charge in [-0.3, -0.25) is 19.8 Å². The van der Waals surface area contributed by atoms with Crippen LogP contribution in [0.3, 0.4) is 0 Å². The number of carbonyl (C=O) groups excluding carboxylic acids is 2. The van der Waals surface area contributed by atoms with Crippen LogP contribution in [0.15, 0.2) is 47.4 Å². The fourth-order valence-corrected chi connectivity index (χ4v) is 4.12. The summed E-state index contributed by atoms with van der Waals surface area (Å²) in [7, 11) is 1.47. The van der Waals surface area contributed by atoms with E-state index in [9.17, 15) is 19.7 Å². The van der Waals surface area contributed by atoms with Crippen LogP contribution in [0.2, 0.25) is 0 Å². The lowest BCUT2D eigenvalue weighted by Gasteiger charge is -2.14. The highest BCUT2D eigenvalue weighted by molar-refractivity contribution is 8.27. The summed E-state index contributed by atoms with van der Waals surface area (Å²) in [6.07, 6.45) is 1.62. The molecule has 0 saturated carbocycles. The molecule has 0 N–H and O–H groups in total. The number of thiocarbonyl (C=S) groups is 1. The maximum atomic E-state index is 13.0. The van der Waals surface area contributed by atoms with E-state index in [1.807, 2.05) is 0 Å². The summed E-state index contributed by atoms with van der Waals surface area (Å²) in [6.45, 7) is 1.65. The van der Waals surface area contributed by atoms with Gasteiger partial charge in [0.05, 0.1) is 29.2 Å². The van der Waals surface area contributed by atoms with E-state index in [-0.39, 0.29) is 23.2 Å². The Bertz CT molecular complexity index is 1120. The van der Waals surface area contributed by atoms with Gasteiger partial charge in [-0.05, 0) is 36.8 Å². The van der Waals surface area contributed by atoms with Crippen molar-refractivity contribution in [2.24, 2.45) is 0 Å². The van der Waals surface area contributed by atoms with Crippen molar-refractivity contribution in [3.05, 3.63) is 63.0 Å². The van der Waals surface area contributed by atoms with E-state index in [1.165, 1.54) is 30.2 Å². The summed E-state index contributed by atoms with van der Waals surface area (Å²) in [5.74, 6) is -0.192. The van der Waals surface area contributed by atoms with Gasteiger partial charge < -0.3 is 14.2 Å². The van der Waals surface area contributed by atoms with Crippen molar-refractivity contribution in [3.8, 4) is 11.5 Å². The average Bonchev–Trinajstić information content (AvgIpc) is 3.05. The van der Waals surface area contributed by atoms with Crippen LogP contribution >= 0.6 is 24.0 Å². The van der Waals surface area contributed by atoms with Gasteiger partial charge in [-0.2, -0.15) is 0 Å². The molecule has 11 heteroatoms. The van der Waals surface area contributed by atoms with Gasteiger partial charge in [-0.25, -0.2) is 4.79 Å². The van der Waals surface area contributed by atoms with Crippen molar-refractivity contribution in [2.45, 2.75) is 6.92 Å². The van der Waals surface area contributed by atoms with Crippen LogP contribution in [-0.2, 0) is 14.3 Å². The Hall–Kier alpha value is -3.44. The van der Waals surface area contributed by atoms with E-state index < -0.39 is 16.8 Å². The van der Waals surface area contributed by atoms with Crippen LogP contribution in [0.1, 0.15) is 12.5 Å². The van der Waals surface area contributed by atoms with Crippen LogP contribution in [0.4, 0.5) is 11.4 Å². The number of non-ortho nitro benzene ring substituents is 1. The molecule has 1 heterocycles. The Morgan fingerprint density at radius 1 is 1.25 bits per heavy atom. The summed E-state index contributed by atoms with van der Waals surface area (Å²) < 4.78 is 15.9. The van der Waals surface area contributed by atoms with Crippen LogP contribution < -0.4 is 14.4 Å². The Labute approximate surface area is 193 Å². The second kappa shape index (κ2) is 10.2. The standard InChI is InChI=1S/C21H18N2O7S2/c1-3-29-19(24)12-30-17-9-13(7-8-16(17)28-2)10-18-20(25)22(21(31)32-18)14-5-4-6-15(11-14)23(26)27/h4-11H,3,12H2,1-2H3/b18-10+. The maximum Gasteiger partial charge on any atom is 0.344 e. The molecule has 0 aliphatic carbocycles. The molecule has 1 fully saturated rings. The van der Waals surface area contributed by atoms with Crippen LogP contribution in [0, 0.1) is 10.1 Å². The number of methoxy groups -OCH3 is 1. The zero-order valence-corrected chi connectivity index (χ0v) is 18.7. The number of nitro groups is 1. The molecule has 1 aliphatic rings. The number of hydrogen-bond donors (Lipinski definition) is 0. The molecule has 0 bridgehead atoms. The number of benzene rings is 2. The number of esters is 1. The number of nitro benzene ring substituents is 1. The number of rotatable bonds is 8. The zero-order chi connectivity index (χ0) is 23.3. The number of carbonyl (C=O) groups is 2. The highest BCUT2D eigenvalue weighted by atomic mass is 32.2. The second-order valence-corrected chi connectivity index (χ2v) is 7.97. The van der Waals surface area contributed by atoms with Gasteiger partial charge in [0.1, 0.15) is 0 Å². The Morgan fingerprint density at radius 2 is 2.03 bits per heavy atom. The molecule has 1 saturated heterocycles. The average molecular weight is 475 g/mol. The summed E-state index contributed by atoms with van der Waals surface area (Å²) in [5, 5.41) is 11.1. The maximum absolute atomic E-state index is 13.0. The minimum atomic E-state index is -0.536. The summed E-state index contributed by atoms with van der Waals surface area (Å²) in [4.78, 5) is 36.7. The first-order valence-corrected chi connectivity index (χ1v) is 10.6. The first-order chi connectivity index (χ1) is 15.3. The van der Waals surface area contributed by atoms with E-state index in [0.717, 1.165) is 11.8 Å². The molecule has 2 aromatic rings. The lowest BCUT2D eigenvalue weighted by Crippen LogP contribution is -2.27. The smallest absolute Gasteiger partial charge is 0.344 e. The van der Waals surface area contributed by atoms with E-state index >= 15 is 0 Å². The SMILES string of the molecule is CCOC(=O)COc1cc(/C=C2/SC(=S)N(c3cccc([N+](=O)[O-])c3)C2=O)ccc1OC. The van der Waals surface area contributed by atoms with E-state index in [4.69, 9.17) is 26.4 Å². The van der Waals surface area contributed by atoms with Crippen molar-refractivity contribution in [1.82, 2.24) is 0 Å². The minimum Gasteiger partial charge on any atom is -0.493 e. The topological polar surface area (TPSA) is 108 Å². The third kappa shape index (κ3) is 5.24. The number of anilines is 1. The van der Waals surface area contributed by atoms with Gasteiger partial charge in [-0.15, -0.1) is 0 Å². The van der Waals surface area contributed by atoms with Gasteiger partial charge in [0, 0.05) is 12.1 Å². The quantitative estimate of drug-likeness (QED) is 0.185. The van der Waals surface area contributed by atoms with Crippen molar-refractivity contribution in [2.75, 3.05) is 25.2 Å². The predicted octanol–water partition coefficient (Wildman–Crippen LogP) is 3.95. The van der Waals surface area contributed by atoms with Gasteiger partial charge >= 0.3 is 5.97 Å². The van der Waals surface area contributed by atoms with Crippen molar-refractivity contribution in [1.29, 1.82) is 0 Å². The molecule has 166 valence electrons. The molecule has 1 amide bonds. The molecule has 0 spiro atoms. The van der Waals surface area contributed by atoms with Crippen molar-refractivity contribution in [3.63, 3.8) is 0 Å². The highest BCUT2D eigenvalue weighted by Crippen LogP contribution is 2.38. The number of hydrogen-bond acceptors (Lipinski definition) is 9. The second-order valence-electron chi connectivity index (χ2n) is 6.30. The Balaban J connectivity index is 1.85. The molecular weight excluding hydrogens is 456 g/mol. The molecule has 0 unspecified atom stereocenters. The fourth-order valence-electron chi connectivity index (χ4n) is 2.82. The fraction of sp³-hybridized carbons (Fsp3) is 0.190. The molecule has 0 aromatic heterocycles. The monoisotopic (exact) mass is 474 g/mol. The minimum absolute atomic E-state index is 0.140. The molecule has 3 rings (SSSR count). The largest absolute Gasteiger partial charge is 0.493 e. The predicted molar refractivity (Wildman–Crippen MR) is 124 cm³/mol. The number of amides is 1. The zero-order valence-electron chi connectivity index (χ0n) is 17.1. The third-order valence-electron chi connectivity index (χ3n) is 4.23. The van der Waals surface area contributed by atoms with Crippen molar-refractivity contribution < 1.29 is 28.7 Å². The summed E-state index contributed by atoms with van der Waals surface area (Å²) >= 11 is 6.40. The lowest BCUT2D eigenvalue weighted by molar-refractivity contribution is -0.384. The first-order valence-electron chi connectivity index (χ1n) is 9.33. The van der Waals surface area contributed by atoms with E-state index in [1.54, 1.807) is 37.3 Å². The van der Waals surface area contributed by atoms with Crippen LogP contribution in [-0.4, -0.2) is 41.4 Å². The molecule has 0 atom stereocenters. The first kappa shape index (κ1) is 23.2. The van der Waals surface area contributed by atoms with Gasteiger partial charge in [-0.1, -0.05) is 36.1 Å². The Kier molecular flexibility index (Phi) is 7.44. The van der Waals surface area contributed by atoms with E-state index in [0.29, 0.717) is 27.7 Å². The normalized spacial score (nSPS) is 14.6. The number of ether oxygens (including phenoxy) is 3. The molecular formula is C21H18N2O7S2. The van der Waals surface area contributed by atoms with Gasteiger partial charge in [0.2, 0.25) is 0 Å². The lowest BCUT2D eigenvalue weighted by atomic mass is 10.1. The third-order valence-corrected chi connectivity index (χ3v) is 5.53. The summed E-state index contributed by atoms with van der Waals surface area (Å²) in [5.41, 5.74) is 0.793. The van der Waals surface area contributed by atoms with Gasteiger partial charge in [0.25, 0.3) is 11.6 Å². The highest BCUT2D eigenvalue weighted by Gasteiger charge is 2.34. The van der Waals surface area contributed by atoms with Gasteiger partial charge in [0.15, 0.2) is 22.4 Å². The van der Waals surface area contributed by atoms with Crippen molar-refractivity contribution >= 4 is 57.6 Å². The van der Waals surface area contributed by atoms with Crippen LogP contribution in [0.25, 0.3) is 6.08 Å². The Morgan fingerprint density at radius 3 is 2.72 bits per heavy atom.